The van der Waals surface area contributed by atoms with E-state index in [1.165, 1.54) is 6.07 Å². The summed E-state index contributed by atoms with van der Waals surface area (Å²) in [6, 6.07) is 18.3. The van der Waals surface area contributed by atoms with Gasteiger partial charge in [0.15, 0.2) is 0 Å². The smallest absolute Gasteiger partial charge is 0.417 e. The predicted octanol–water partition coefficient (Wildman–Crippen LogP) is 6.09. The third-order valence-electron chi connectivity index (χ3n) is 4.61. The lowest BCUT2D eigenvalue weighted by molar-refractivity contribution is 0.0248. The average molecular weight is 437 g/mol. The number of para-hydroxylation sites is 1. The van der Waals surface area contributed by atoms with Gasteiger partial charge in [0.1, 0.15) is 22.3 Å². The van der Waals surface area contributed by atoms with Gasteiger partial charge < -0.3 is 9.47 Å². The van der Waals surface area contributed by atoms with E-state index in [2.05, 4.69) is 4.98 Å². The van der Waals surface area contributed by atoms with Crippen molar-refractivity contribution in [1.29, 1.82) is 0 Å². The molecule has 0 radical (unpaired) electrons. The molecular weight excluding hydrogens is 416 g/mol. The molecule has 0 saturated carbocycles. The fourth-order valence-electron chi connectivity index (χ4n) is 3.28. The summed E-state index contributed by atoms with van der Waals surface area (Å²) < 4.78 is 11.2. The number of aromatic nitrogens is 1. The van der Waals surface area contributed by atoms with E-state index in [0.717, 1.165) is 16.2 Å². The molecule has 0 bridgehead atoms. The van der Waals surface area contributed by atoms with Gasteiger partial charge in [-0.15, -0.1) is 0 Å². The molecule has 0 spiro atoms. The number of nitrogens with zero attached hydrogens (tertiary/aromatic N) is 2. The summed E-state index contributed by atoms with van der Waals surface area (Å²) in [5, 5.41) is 0.178. The Morgan fingerprint density at radius 2 is 1.68 bits per heavy atom. The second kappa shape index (κ2) is 8.04. The van der Waals surface area contributed by atoms with Crippen LogP contribution in [0.15, 0.2) is 60.7 Å². The number of benzene rings is 2. The Morgan fingerprint density at radius 3 is 2.32 bits per heavy atom. The highest BCUT2D eigenvalue weighted by atomic mass is 35.5. The maximum absolute atomic E-state index is 12.8. The van der Waals surface area contributed by atoms with E-state index in [4.69, 9.17) is 21.1 Å². The number of imide groups is 1. The largest absolute Gasteiger partial charge is 0.457 e. The molecule has 6 nitrogen and oxygen atoms in total. The van der Waals surface area contributed by atoms with Crippen molar-refractivity contribution in [3.8, 4) is 22.8 Å². The van der Waals surface area contributed by atoms with E-state index in [1.807, 2.05) is 54.6 Å². The van der Waals surface area contributed by atoms with Crippen LogP contribution in [0.3, 0.4) is 0 Å². The zero-order valence-electron chi connectivity index (χ0n) is 17.4. The topological polar surface area (TPSA) is 68.7 Å². The van der Waals surface area contributed by atoms with Crippen molar-refractivity contribution in [3.63, 3.8) is 0 Å². The van der Waals surface area contributed by atoms with Gasteiger partial charge in [0.25, 0.3) is 5.91 Å². The molecule has 2 heterocycles. The summed E-state index contributed by atoms with van der Waals surface area (Å²) in [5.41, 5.74) is 1.59. The highest BCUT2D eigenvalue weighted by Gasteiger charge is 2.37. The predicted molar refractivity (Wildman–Crippen MR) is 117 cm³/mol. The van der Waals surface area contributed by atoms with Crippen molar-refractivity contribution < 1.29 is 19.1 Å². The molecule has 1 aliphatic rings. The molecule has 2 aromatic carbocycles. The Morgan fingerprint density at radius 1 is 1.03 bits per heavy atom. The first-order valence-corrected chi connectivity index (χ1v) is 10.2. The van der Waals surface area contributed by atoms with Gasteiger partial charge >= 0.3 is 6.09 Å². The van der Waals surface area contributed by atoms with Crippen molar-refractivity contribution in [3.05, 3.63) is 76.9 Å². The Balaban J connectivity index is 1.62. The fraction of sp³-hybridized carbons (Fsp3) is 0.208. The van der Waals surface area contributed by atoms with Gasteiger partial charge in [-0.1, -0.05) is 29.8 Å². The third-order valence-corrected chi connectivity index (χ3v) is 4.80. The molecule has 0 N–H and O–H groups in total. The lowest BCUT2D eigenvalue weighted by Gasteiger charge is -2.23. The first-order valence-electron chi connectivity index (χ1n) is 9.79. The molecule has 3 aromatic rings. The molecule has 1 aliphatic heterocycles. The van der Waals surface area contributed by atoms with Crippen LogP contribution in [-0.4, -0.2) is 27.5 Å². The molecule has 2 amide bonds. The minimum absolute atomic E-state index is 0.0743. The average Bonchev–Trinajstić information content (AvgIpc) is 3.04. The van der Waals surface area contributed by atoms with E-state index < -0.39 is 17.6 Å². The molecule has 0 fully saturated rings. The molecule has 7 heteroatoms. The van der Waals surface area contributed by atoms with E-state index in [-0.39, 0.29) is 11.7 Å². The molecule has 0 atom stereocenters. The van der Waals surface area contributed by atoms with Crippen molar-refractivity contribution >= 4 is 23.6 Å². The van der Waals surface area contributed by atoms with Crippen LogP contribution in [0.25, 0.3) is 11.3 Å². The second-order valence-electron chi connectivity index (χ2n) is 8.13. The summed E-state index contributed by atoms with van der Waals surface area (Å²) in [7, 11) is 0. The number of amides is 2. The number of carbonyl (C=O) groups is 2. The zero-order chi connectivity index (χ0) is 22.2. The van der Waals surface area contributed by atoms with Crippen LogP contribution in [0.5, 0.6) is 11.5 Å². The zero-order valence-corrected chi connectivity index (χ0v) is 18.1. The lowest BCUT2D eigenvalue weighted by Crippen LogP contribution is -2.36. The van der Waals surface area contributed by atoms with Gasteiger partial charge in [0, 0.05) is 11.1 Å². The quantitative estimate of drug-likeness (QED) is 0.465. The first kappa shape index (κ1) is 20.9. The van der Waals surface area contributed by atoms with Crippen molar-refractivity contribution in [2.75, 3.05) is 0 Å². The number of hydrogen-bond acceptors (Lipinski definition) is 5. The normalized spacial score (nSPS) is 13.2. The summed E-state index contributed by atoms with van der Waals surface area (Å²) in [4.78, 5) is 30.8. The number of fused-ring (bicyclic) bond motifs is 1. The summed E-state index contributed by atoms with van der Waals surface area (Å²) in [6.07, 6.45) is -0.692. The van der Waals surface area contributed by atoms with Crippen LogP contribution < -0.4 is 4.74 Å². The maximum atomic E-state index is 12.8. The molecule has 158 valence electrons. The molecule has 31 heavy (non-hydrogen) atoms. The monoisotopic (exact) mass is 436 g/mol. The Labute approximate surface area is 185 Å². The van der Waals surface area contributed by atoms with Crippen molar-refractivity contribution in [2.45, 2.75) is 32.9 Å². The van der Waals surface area contributed by atoms with Gasteiger partial charge in [-0.2, -0.15) is 0 Å². The van der Waals surface area contributed by atoms with Crippen LogP contribution in [0.1, 0.15) is 36.7 Å². The number of ether oxygens (including phenoxy) is 2. The highest BCUT2D eigenvalue weighted by Crippen LogP contribution is 2.35. The molecular formula is C24H21ClN2O4. The third kappa shape index (κ3) is 4.54. The van der Waals surface area contributed by atoms with Crippen LogP contribution in [0.4, 0.5) is 4.79 Å². The van der Waals surface area contributed by atoms with Gasteiger partial charge in [0.2, 0.25) is 0 Å². The Kier molecular flexibility index (Phi) is 5.41. The number of carbonyl (C=O) groups excluding carboxylic acids is 2. The fourth-order valence-corrected chi connectivity index (χ4v) is 3.47. The first-order chi connectivity index (χ1) is 14.7. The number of hydrogen-bond donors (Lipinski definition) is 0. The van der Waals surface area contributed by atoms with Gasteiger partial charge in [-0.05, 0) is 63.2 Å². The number of rotatable bonds is 3. The van der Waals surface area contributed by atoms with Gasteiger partial charge in [0.05, 0.1) is 17.8 Å². The highest BCUT2D eigenvalue weighted by molar-refractivity contribution is 6.30. The number of halogens is 1. The second-order valence-corrected chi connectivity index (χ2v) is 8.52. The van der Waals surface area contributed by atoms with Gasteiger partial charge in [-0.3, -0.25) is 4.79 Å². The molecule has 0 aliphatic carbocycles. The van der Waals surface area contributed by atoms with Crippen LogP contribution >= 0.6 is 11.6 Å². The van der Waals surface area contributed by atoms with Crippen LogP contribution in [0.2, 0.25) is 5.15 Å². The maximum Gasteiger partial charge on any atom is 0.417 e. The lowest BCUT2D eigenvalue weighted by atomic mass is 10.0. The molecule has 0 saturated heterocycles. The van der Waals surface area contributed by atoms with E-state index in [9.17, 15) is 9.59 Å². The summed E-state index contributed by atoms with van der Waals surface area (Å²) >= 11 is 6.19. The summed E-state index contributed by atoms with van der Waals surface area (Å²) in [5.74, 6) is 0.953. The van der Waals surface area contributed by atoms with E-state index in [1.54, 1.807) is 20.8 Å². The molecule has 4 rings (SSSR count). The summed E-state index contributed by atoms with van der Waals surface area (Å²) in [6.45, 7) is 5.33. The minimum atomic E-state index is -0.709. The van der Waals surface area contributed by atoms with E-state index in [0.29, 0.717) is 22.6 Å². The van der Waals surface area contributed by atoms with Crippen molar-refractivity contribution in [2.24, 2.45) is 0 Å². The standard InChI is InChI=1S/C24H21ClN2O4/c1-24(2,3)31-23(29)27-14-19-18(22(27)28)13-20(25)26-21(19)15-9-11-17(12-10-15)30-16-7-5-4-6-8-16/h4-13H,14H2,1-3H3. The minimum Gasteiger partial charge on any atom is -0.457 e. The van der Waals surface area contributed by atoms with E-state index >= 15 is 0 Å². The Bertz CT molecular complexity index is 1140. The molecule has 0 unspecified atom stereocenters. The molecule has 1 aromatic heterocycles. The van der Waals surface area contributed by atoms with Crippen molar-refractivity contribution in [1.82, 2.24) is 9.88 Å². The Hall–Kier alpha value is -3.38. The number of pyridine rings is 1. The van der Waals surface area contributed by atoms with Crippen LogP contribution in [-0.2, 0) is 11.3 Å². The SMILES string of the molecule is CC(C)(C)OC(=O)N1Cc2c(cc(Cl)nc2-c2ccc(Oc3ccccc3)cc2)C1=O. The van der Waals surface area contributed by atoms with Gasteiger partial charge in [-0.25, -0.2) is 14.7 Å². The van der Waals surface area contributed by atoms with Crippen LogP contribution in [0, 0.1) is 0 Å².